The first-order valence-electron chi connectivity index (χ1n) is 7.82. The fraction of sp³-hybridized carbons (Fsp3) is 0.867. The third-order valence-electron chi connectivity index (χ3n) is 4.61. The van der Waals surface area contributed by atoms with Gasteiger partial charge in [-0.1, -0.05) is 6.92 Å². The van der Waals surface area contributed by atoms with Crippen LogP contribution in [0.5, 0.6) is 0 Å². The van der Waals surface area contributed by atoms with Crippen LogP contribution in [-0.4, -0.2) is 53.1 Å². The summed E-state index contributed by atoms with van der Waals surface area (Å²) >= 11 is 0. The second kappa shape index (κ2) is 6.95. The van der Waals surface area contributed by atoms with Gasteiger partial charge < -0.3 is 14.9 Å². The molecule has 0 aromatic rings. The van der Waals surface area contributed by atoms with Crippen LogP contribution in [0.3, 0.4) is 0 Å². The van der Waals surface area contributed by atoms with Gasteiger partial charge in [0, 0.05) is 32.6 Å². The average molecular weight is 282 g/mol. The molecule has 1 unspecified atom stereocenters. The van der Waals surface area contributed by atoms with Gasteiger partial charge in [-0.2, -0.15) is 0 Å². The predicted octanol–water partition coefficient (Wildman–Crippen LogP) is 2.42. The molecule has 2 aliphatic heterocycles. The molecule has 2 aliphatic rings. The molecule has 2 heterocycles. The summed E-state index contributed by atoms with van der Waals surface area (Å²) < 4.78 is 0. The largest absolute Gasteiger partial charge is 0.481 e. The summed E-state index contributed by atoms with van der Waals surface area (Å²) in [4.78, 5) is 27.0. The van der Waals surface area contributed by atoms with Gasteiger partial charge in [0.05, 0.1) is 0 Å². The minimum absolute atomic E-state index is 0.164. The van der Waals surface area contributed by atoms with Crippen molar-refractivity contribution < 1.29 is 14.7 Å². The van der Waals surface area contributed by atoms with Gasteiger partial charge in [0.2, 0.25) is 0 Å². The van der Waals surface area contributed by atoms with Crippen molar-refractivity contribution in [1.82, 2.24) is 9.80 Å². The lowest BCUT2D eigenvalue weighted by Gasteiger charge is -2.38. The van der Waals surface area contributed by atoms with E-state index in [9.17, 15) is 9.59 Å². The molecule has 114 valence electrons. The molecule has 5 heteroatoms. The van der Waals surface area contributed by atoms with E-state index in [1.807, 2.05) is 9.80 Å². The Morgan fingerprint density at radius 3 is 2.45 bits per heavy atom. The second-order valence-electron chi connectivity index (χ2n) is 6.34. The number of urea groups is 1. The lowest BCUT2D eigenvalue weighted by molar-refractivity contribution is -0.137. The van der Waals surface area contributed by atoms with E-state index in [0.717, 1.165) is 57.8 Å². The lowest BCUT2D eigenvalue weighted by Crippen LogP contribution is -2.49. The number of likely N-dealkylation sites (tertiary alicyclic amines) is 2. The van der Waals surface area contributed by atoms with E-state index in [-0.39, 0.29) is 12.5 Å². The maximum Gasteiger partial charge on any atom is 0.320 e. The zero-order chi connectivity index (χ0) is 14.5. The summed E-state index contributed by atoms with van der Waals surface area (Å²) in [6.07, 6.45) is 5.16. The lowest BCUT2D eigenvalue weighted by atomic mass is 9.93. The third-order valence-corrected chi connectivity index (χ3v) is 4.61. The zero-order valence-corrected chi connectivity index (χ0v) is 12.4. The Kier molecular flexibility index (Phi) is 5.26. The number of carbonyl (C=O) groups is 2. The van der Waals surface area contributed by atoms with Crippen LogP contribution in [0, 0.1) is 11.8 Å². The first-order chi connectivity index (χ1) is 9.56. The van der Waals surface area contributed by atoms with Crippen molar-refractivity contribution in [3.63, 3.8) is 0 Å². The van der Waals surface area contributed by atoms with E-state index in [1.54, 1.807) is 0 Å². The van der Waals surface area contributed by atoms with Crippen molar-refractivity contribution >= 4 is 12.0 Å². The van der Waals surface area contributed by atoms with Crippen molar-refractivity contribution in [3.05, 3.63) is 0 Å². The molecule has 0 spiro atoms. The molecule has 0 aromatic carbocycles. The predicted molar refractivity (Wildman–Crippen MR) is 76.5 cm³/mol. The van der Waals surface area contributed by atoms with Crippen LogP contribution >= 0.6 is 0 Å². The summed E-state index contributed by atoms with van der Waals surface area (Å²) in [5.41, 5.74) is 0. The Morgan fingerprint density at radius 2 is 1.80 bits per heavy atom. The molecular formula is C15H26N2O3. The summed E-state index contributed by atoms with van der Waals surface area (Å²) in [5.74, 6) is 0.342. The SMILES string of the molecule is CC1CCN(C(=O)N2CCCC(CCC(=O)O)C2)CC1. The van der Waals surface area contributed by atoms with Crippen LogP contribution in [0.1, 0.15) is 45.4 Å². The Bertz CT molecular complexity index is 351. The number of rotatable bonds is 3. The van der Waals surface area contributed by atoms with Gasteiger partial charge in [0.25, 0.3) is 0 Å². The van der Waals surface area contributed by atoms with Crippen molar-refractivity contribution in [3.8, 4) is 0 Å². The van der Waals surface area contributed by atoms with Gasteiger partial charge in [-0.15, -0.1) is 0 Å². The number of hydrogen-bond acceptors (Lipinski definition) is 2. The van der Waals surface area contributed by atoms with Crippen LogP contribution in [0.25, 0.3) is 0 Å². The van der Waals surface area contributed by atoms with Crippen molar-refractivity contribution in [2.24, 2.45) is 11.8 Å². The summed E-state index contributed by atoms with van der Waals surface area (Å²) in [6, 6.07) is 0.164. The van der Waals surface area contributed by atoms with E-state index >= 15 is 0 Å². The van der Waals surface area contributed by atoms with Crippen molar-refractivity contribution in [1.29, 1.82) is 0 Å². The van der Waals surface area contributed by atoms with Crippen LogP contribution in [-0.2, 0) is 4.79 Å². The van der Waals surface area contributed by atoms with E-state index in [4.69, 9.17) is 5.11 Å². The Labute approximate surface area is 120 Å². The first kappa shape index (κ1) is 15.1. The topological polar surface area (TPSA) is 60.9 Å². The number of carboxylic acid groups (broad SMARTS) is 1. The maximum absolute atomic E-state index is 12.5. The molecule has 0 aromatic heterocycles. The van der Waals surface area contributed by atoms with Gasteiger partial charge in [-0.05, 0) is 43.9 Å². The molecule has 2 saturated heterocycles. The average Bonchev–Trinajstić information content (AvgIpc) is 2.45. The molecule has 5 nitrogen and oxygen atoms in total. The van der Waals surface area contributed by atoms with Gasteiger partial charge >= 0.3 is 12.0 Å². The Hall–Kier alpha value is -1.26. The van der Waals surface area contributed by atoms with E-state index in [2.05, 4.69) is 6.92 Å². The highest BCUT2D eigenvalue weighted by atomic mass is 16.4. The fourth-order valence-corrected chi connectivity index (χ4v) is 3.20. The standard InChI is InChI=1S/C15H26N2O3/c1-12-6-9-16(10-7-12)15(20)17-8-2-3-13(11-17)4-5-14(18)19/h12-13H,2-11H2,1H3,(H,18,19). The van der Waals surface area contributed by atoms with Crippen LogP contribution < -0.4 is 0 Å². The van der Waals surface area contributed by atoms with Gasteiger partial charge in [-0.25, -0.2) is 4.79 Å². The summed E-state index contributed by atoms with van der Waals surface area (Å²) in [5, 5.41) is 8.76. The van der Waals surface area contributed by atoms with E-state index in [0.29, 0.717) is 12.3 Å². The van der Waals surface area contributed by atoms with Crippen molar-refractivity contribution in [2.75, 3.05) is 26.2 Å². The highest BCUT2D eigenvalue weighted by molar-refractivity contribution is 5.74. The molecule has 1 atom stereocenters. The number of nitrogens with zero attached hydrogens (tertiary/aromatic N) is 2. The summed E-state index contributed by atoms with van der Waals surface area (Å²) in [7, 11) is 0. The number of amides is 2. The van der Waals surface area contributed by atoms with Gasteiger partial charge in [0.1, 0.15) is 0 Å². The highest BCUT2D eigenvalue weighted by Gasteiger charge is 2.28. The first-order valence-corrected chi connectivity index (χ1v) is 7.82. The molecule has 2 amide bonds. The molecule has 0 saturated carbocycles. The smallest absolute Gasteiger partial charge is 0.320 e. The molecule has 0 radical (unpaired) electrons. The highest BCUT2D eigenvalue weighted by Crippen LogP contribution is 2.23. The Morgan fingerprint density at radius 1 is 1.10 bits per heavy atom. The molecule has 20 heavy (non-hydrogen) atoms. The fourth-order valence-electron chi connectivity index (χ4n) is 3.20. The number of aliphatic carboxylic acids is 1. The summed E-state index contributed by atoms with van der Waals surface area (Å²) in [6.45, 7) is 5.55. The van der Waals surface area contributed by atoms with Gasteiger partial charge in [-0.3, -0.25) is 4.79 Å². The van der Waals surface area contributed by atoms with Crippen LogP contribution in [0.2, 0.25) is 0 Å². The molecule has 0 bridgehead atoms. The number of carbonyl (C=O) groups excluding carboxylic acids is 1. The van der Waals surface area contributed by atoms with Gasteiger partial charge in [0.15, 0.2) is 0 Å². The van der Waals surface area contributed by atoms with E-state index < -0.39 is 5.97 Å². The minimum atomic E-state index is -0.738. The molecule has 1 N–H and O–H groups in total. The number of hydrogen-bond donors (Lipinski definition) is 1. The maximum atomic E-state index is 12.5. The van der Waals surface area contributed by atoms with Crippen LogP contribution in [0.15, 0.2) is 0 Å². The molecule has 2 fully saturated rings. The minimum Gasteiger partial charge on any atom is -0.481 e. The van der Waals surface area contributed by atoms with Crippen molar-refractivity contribution in [2.45, 2.75) is 45.4 Å². The third kappa shape index (κ3) is 4.12. The molecule has 2 rings (SSSR count). The second-order valence-corrected chi connectivity index (χ2v) is 6.34. The quantitative estimate of drug-likeness (QED) is 0.864. The van der Waals surface area contributed by atoms with E-state index in [1.165, 1.54) is 0 Å². The zero-order valence-electron chi connectivity index (χ0n) is 12.4. The molecule has 0 aliphatic carbocycles. The monoisotopic (exact) mass is 282 g/mol. The molecular weight excluding hydrogens is 256 g/mol. The normalized spacial score (nSPS) is 24.8. The Balaban J connectivity index is 1.81. The number of piperidine rings is 2. The number of carboxylic acids is 1. The van der Waals surface area contributed by atoms with Crippen LogP contribution in [0.4, 0.5) is 4.79 Å².